The van der Waals surface area contributed by atoms with Gasteiger partial charge in [-0.2, -0.15) is 0 Å². The topological polar surface area (TPSA) is 414 Å². The van der Waals surface area contributed by atoms with Crippen molar-refractivity contribution < 1.29 is 68.4 Å². The Labute approximate surface area is 370 Å². The van der Waals surface area contributed by atoms with Crippen LogP contribution in [-0.2, 0) is 54.4 Å². The van der Waals surface area contributed by atoms with Gasteiger partial charge in [0.1, 0.15) is 48.0 Å². The van der Waals surface area contributed by atoms with E-state index < -0.39 is 133 Å². The minimum absolute atomic E-state index is 0.0190. The molecule has 24 heteroatoms. The standard InChI is InChI=1S/C40H64N10O14/c1-19(2)14-28(40(63)64)48-35(58)25(15-22-9-11-23(52)12-10-22)45-36(59)27(17-31(54)55)47-38(61)29(18-51)49-39(62)32(20(3)4)50-37(60)26(16-30(43)53)46-34(57)24(8-6-7-13-41)44-33(56)21(5)42/h9-12,19-21,24-29,32,51-52H,6-8,13-18,41-42H2,1-5H3,(H2,43,53)(H,44,56)(H,45,59)(H,46,57)(H,47,61)(H,48,58)(H,49,62)(H,50,60)(H,54,55)(H,63,64)/t21-,24-,25-,26-,27-,28-,29-,32-/m0/s1. The number of nitrogens with one attached hydrogen (secondary N) is 7. The zero-order chi connectivity index (χ0) is 48.8. The third kappa shape index (κ3) is 20.2. The zero-order valence-corrected chi connectivity index (χ0v) is 36.6. The molecule has 1 aromatic carbocycles. The molecular formula is C40H64N10O14. The van der Waals surface area contributed by atoms with Gasteiger partial charge in [0.25, 0.3) is 0 Å². The van der Waals surface area contributed by atoms with Crippen molar-refractivity contribution in [2.45, 2.75) is 128 Å². The predicted molar refractivity (Wildman–Crippen MR) is 227 cm³/mol. The van der Waals surface area contributed by atoms with Crippen molar-refractivity contribution >= 4 is 59.2 Å². The third-order valence-electron chi connectivity index (χ3n) is 9.44. The van der Waals surface area contributed by atoms with E-state index >= 15 is 0 Å². The molecular weight excluding hydrogens is 844 g/mol. The van der Waals surface area contributed by atoms with Crippen molar-refractivity contribution in [3.05, 3.63) is 29.8 Å². The number of primary amides is 1. The minimum atomic E-state index is -1.94. The van der Waals surface area contributed by atoms with Gasteiger partial charge in [0.05, 0.1) is 25.5 Å². The van der Waals surface area contributed by atoms with E-state index in [0.717, 1.165) is 0 Å². The lowest BCUT2D eigenvalue weighted by Crippen LogP contribution is -2.62. The number of hydrogen-bond acceptors (Lipinski definition) is 14. The number of rotatable bonds is 29. The van der Waals surface area contributed by atoms with Crippen LogP contribution >= 0.6 is 0 Å². The SMILES string of the molecule is CC(C)C[C@H](NC(=O)[C@H](Cc1ccc(O)cc1)NC(=O)[C@H](CC(=O)O)NC(=O)[C@H](CO)NC(=O)[C@@H](NC(=O)[C@H](CC(N)=O)NC(=O)[C@H](CCCCN)NC(=O)[C@H](C)N)C(C)C)C(=O)O. The number of phenols is 1. The van der Waals surface area contributed by atoms with E-state index in [1.54, 1.807) is 13.8 Å². The fourth-order valence-electron chi connectivity index (χ4n) is 5.96. The van der Waals surface area contributed by atoms with Gasteiger partial charge < -0.3 is 74.8 Å². The van der Waals surface area contributed by atoms with Crippen LogP contribution in [0.5, 0.6) is 5.75 Å². The summed E-state index contributed by atoms with van der Waals surface area (Å²) in [4.78, 5) is 129. The zero-order valence-electron chi connectivity index (χ0n) is 36.6. The molecule has 0 saturated carbocycles. The Morgan fingerprint density at radius 3 is 1.55 bits per heavy atom. The maximum absolute atomic E-state index is 13.6. The fourth-order valence-corrected chi connectivity index (χ4v) is 5.96. The summed E-state index contributed by atoms with van der Waals surface area (Å²) in [5.74, 6) is -12.2. The van der Waals surface area contributed by atoms with E-state index in [9.17, 15) is 68.4 Å². The highest BCUT2D eigenvalue weighted by atomic mass is 16.4. The Hall–Kier alpha value is -6.40. The number of hydrogen-bond donors (Lipinski definition) is 14. The van der Waals surface area contributed by atoms with Crippen molar-refractivity contribution in [2.24, 2.45) is 29.0 Å². The van der Waals surface area contributed by atoms with Gasteiger partial charge in [0, 0.05) is 6.42 Å². The first-order valence-electron chi connectivity index (χ1n) is 20.6. The van der Waals surface area contributed by atoms with E-state index in [2.05, 4.69) is 37.2 Å². The van der Waals surface area contributed by atoms with E-state index in [4.69, 9.17) is 17.2 Å². The smallest absolute Gasteiger partial charge is 0.326 e. The van der Waals surface area contributed by atoms with Gasteiger partial charge in [0.15, 0.2) is 0 Å². The first-order chi connectivity index (χ1) is 29.9. The molecule has 0 heterocycles. The molecule has 0 aliphatic rings. The van der Waals surface area contributed by atoms with E-state index in [1.165, 1.54) is 45.0 Å². The molecule has 1 rings (SSSR count). The lowest BCUT2D eigenvalue weighted by atomic mass is 10.0. The van der Waals surface area contributed by atoms with Crippen molar-refractivity contribution in [2.75, 3.05) is 13.2 Å². The molecule has 64 heavy (non-hydrogen) atoms. The quantitative estimate of drug-likeness (QED) is 0.0340. The molecule has 0 saturated heterocycles. The molecule has 0 spiro atoms. The van der Waals surface area contributed by atoms with E-state index in [-0.39, 0.29) is 37.5 Å². The highest BCUT2D eigenvalue weighted by molar-refractivity contribution is 5.99. The van der Waals surface area contributed by atoms with Crippen LogP contribution in [0.2, 0.25) is 0 Å². The molecule has 0 aliphatic heterocycles. The molecule has 0 aromatic heterocycles. The summed E-state index contributed by atoms with van der Waals surface area (Å²) in [6.07, 6.45) is -1.10. The average molecular weight is 909 g/mol. The first kappa shape index (κ1) is 55.6. The number of carboxylic acids is 2. The van der Waals surface area contributed by atoms with Gasteiger partial charge in [-0.3, -0.25) is 43.2 Å². The number of aromatic hydroxyl groups is 1. The largest absolute Gasteiger partial charge is 0.508 e. The maximum atomic E-state index is 13.6. The number of aliphatic carboxylic acids is 2. The summed E-state index contributed by atoms with van der Waals surface area (Å²) in [5.41, 5.74) is 16.9. The summed E-state index contributed by atoms with van der Waals surface area (Å²) >= 11 is 0. The number of carbonyl (C=O) groups excluding carboxylic acids is 8. The summed E-state index contributed by atoms with van der Waals surface area (Å²) in [7, 11) is 0. The molecule has 358 valence electrons. The van der Waals surface area contributed by atoms with Crippen LogP contribution in [0.1, 0.15) is 78.7 Å². The molecule has 0 unspecified atom stereocenters. The van der Waals surface area contributed by atoms with Gasteiger partial charge in [-0.05, 0) is 68.7 Å². The number of benzene rings is 1. The Bertz CT molecular complexity index is 1790. The van der Waals surface area contributed by atoms with Crippen molar-refractivity contribution in [1.82, 2.24) is 37.2 Å². The summed E-state index contributed by atoms with van der Waals surface area (Å²) in [6, 6.07) is -6.66. The van der Waals surface area contributed by atoms with Gasteiger partial charge in [-0.1, -0.05) is 39.8 Å². The third-order valence-corrected chi connectivity index (χ3v) is 9.44. The Kier molecular flexibility index (Phi) is 24.0. The molecule has 0 radical (unpaired) electrons. The molecule has 0 aliphatic carbocycles. The van der Waals surface area contributed by atoms with Gasteiger partial charge in [0.2, 0.25) is 47.3 Å². The van der Waals surface area contributed by atoms with Gasteiger partial charge in [-0.15, -0.1) is 0 Å². The molecule has 1 aromatic rings. The number of aliphatic hydroxyl groups excluding tert-OH is 1. The second kappa shape index (κ2) is 27.6. The first-order valence-corrected chi connectivity index (χ1v) is 20.6. The van der Waals surface area contributed by atoms with Crippen LogP contribution < -0.4 is 54.4 Å². The van der Waals surface area contributed by atoms with Crippen molar-refractivity contribution in [3.8, 4) is 5.75 Å². The number of phenolic OH excluding ortho intramolecular Hbond substituents is 1. The predicted octanol–water partition coefficient (Wildman–Crippen LogP) is -4.07. The maximum Gasteiger partial charge on any atom is 0.326 e. The van der Waals surface area contributed by atoms with Crippen LogP contribution in [0.3, 0.4) is 0 Å². The number of nitrogens with two attached hydrogens (primary N) is 3. The molecule has 8 amide bonds. The number of carbonyl (C=O) groups is 10. The Morgan fingerprint density at radius 2 is 1.06 bits per heavy atom. The number of carboxylic acid groups (broad SMARTS) is 2. The summed E-state index contributed by atoms with van der Waals surface area (Å²) in [6.45, 7) is 6.97. The van der Waals surface area contributed by atoms with E-state index in [0.29, 0.717) is 18.4 Å². The van der Waals surface area contributed by atoms with Crippen LogP contribution in [0.4, 0.5) is 0 Å². The molecule has 0 fully saturated rings. The molecule has 8 atom stereocenters. The highest BCUT2D eigenvalue weighted by Crippen LogP contribution is 2.13. The highest BCUT2D eigenvalue weighted by Gasteiger charge is 2.36. The minimum Gasteiger partial charge on any atom is -0.508 e. The number of amides is 8. The lowest BCUT2D eigenvalue weighted by molar-refractivity contribution is -0.143. The second-order valence-corrected chi connectivity index (χ2v) is 16.0. The molecule has 24 nitrogen and oxygen atoms in total. The summed E-state index contributed by atoms with van der Waals surface area (Å²) in [5, 5.41) is 55.4. The normalized spacial score (nSPS) is 14.8. The average Bonchev–Trinajstić information content (AvgIpc) is 3.20. The van der Waals surface area contributed by atoms with E-state index in [1.807, 2.05) is 0 Å². The second-order valence-electron chi connectivity index (χ2n) is 16.0. The van der Waals surface area contributed by atoms with Crippen LogP contribution in [0.15, 0.2) is 24.3 Å². The lowest BCUT2D eigenvalue weighted by Gasteiger charge is -2.28. The summed E-state index contributed by atoms with van der Waals surface area (Å²) < 4.78 is 0. The van der Waals surface area contributed by atoms with Crippen molar-refractivity contribution in [1.29, 1.82) is 0 Å². The van der Waals surface area contributed by atoms with Crippen molar-refractivity contribution in [3.63, 3.8) is 0 Å². The van der Waals surface area contributed by atoms with Crippen LogP contribution in [0.25, 0.3) is 0 Å². The number of unbranched alkanes of at least 4 members (excludes halogenated alkanes) is 1. The monoisotopic (exact) mass is 908 g/mol. The molecule has 0 bridgehead atoms. The Balaban J connectivity index is 3.32. The fraction of sp³-hybridized carbons (Fsp3) is 0.600. The number of aliphatic hydroxyl groups is 1. The molecule has 17 N–H and O–H groups in total. The van der Waals surface area contributed by atoms with Crippen LogP contribution in [-0.4, -0.2) is 141 Å². The van der Waals surface area contributed by atoms with Gasteiger partial charge >= 0.3 is 11.9 Å². The Morgan fingerprint density at radius 1 is 0.594 bits per heavy atom. The van der Waals surface area contributed by atoms with Gasteiger partial charge in [-0.25, -0.2) is 4.79 Å². The van der Waals surface area contributed by atoms with Crippen LogP contribution in [0, 0.1) is 11.8 Å².